The summed E-state index contributed by atoms with van der Waals surface area (Å²) in [6, 6.07) is 0. The standard InChI is InChI=1S/C25H30O9/c1-12-5-6-17-13(2)9-19(21-15(4)24(30)34-22(21)20(12)17)33-25(31)16(7-8-26)11-32-23(29)14(3)18(28)10-27/h5,7,18-22,26-28H,3-4,6,8-11H2,1-2H3. The molecule has 2 aliphatic carbocycles. The van der Waals surface area contributed by atoms with Crippen LogP contribution in [0.2, 0.25) is 0 Å². The Labute approximate surface area is 197 Å². The largest absolute Gasteiger partial charge is 0.458 e. The van der Waals surface area contributed by atoms with Crippen LogP contribution in [-0.2, 0) is 28.6 Å². The molecule has 5 unspecified atom stereocenters. The molecule has 0 amide bonds. The summed E-state index contributed by atoms with van der Waals surface area (Å²) < 4.78 is 16.4. The van der Waals surface area contributed by atoms with Gasteiger partial charge in [-0.2, -0.15) is 0 Å². The number of aliphatic hydroxyl groups is 3. The molecular weight excluding hydrogens is 444 g/mol. The third-order valence-electron chi connectivity index (χ3n) is 6.61. The number of esters is 3. The number of carbonyl (C=O) groups is 3. The lowest BCUT2D eigenvalue weighted by Crippen LogP contribution is -2.36. The summed E-state index contributed by atoms with van der Waals surface area (Å²) in [4.78, 5) is 37.4. The molecule has 5 atom stereocenters. The van der Waals surface area contributed by atoms with E-state index in [0.29, 0.717) is 6.42 Å². The van der Waals surface area contributed by atoms with Gasteiger partial charge in [0.15, 0.2) is 0 Å². The zero-order chi connectivity index (χ0) is 25.2. The Hall–Kier alpha value is -3.01. The van der Waals surface area contributed by atoms with Crippen molar-refractivity contribution in [1.82, 2.24) is 0 Å². The maximum absolute atomic E-state index is 13.0. The number of carbonyl (C=O) groups excluding carboxylic acids is 3. The molecule has 1 aliphatic heterocycles. The molecule has 3 aliphatic rings. The fraction of sp³-hybridized carbons (Fsp3) is 0.480. The third-order valence-corrected chi connectivity index (χ3v) is 6.61. The van der Waals surface area contributed by atoms with E-state index in [1.54, 1.807) is 0 Å². The quantitative estimate of drug-likeness (QED) is 0.204. The fourth-order valence-electron chi connectivity index (χ4n) is 4.70. The smallest absolute Gasteiger partial charge is 0.337 e. The molecule has 0 aromatic heterocycles. The molecule has 0 bridgehead atoms. The minimum Gasteiger partial charge on any atom is -0.458 e. The molecule has 0 saturated carbocycles. The Kier molecular flexibility index (Phi) is 7.91. The van der Waals surface area contributed by atoms with Gasteiger partial charge in [-0.1, -0.05) is 36.0 Å². The van der Waals surface area contributed by atoms with Gasteiger partial charge in [-0.05, 0) is 26.3 Å². The Bertz CT molecular complexity index is 1000. The summed E-state index contributed by atoms with van der Waals surface area (Å²) in [5.74, 6) is -2.99. The van der Waals surface area contributed by atoms with Gasteiger partial charge in [0, 0.05) is 17.9 Å². The summed E-state index contributed by atoms with van der Waals surface area (Å²) in [5, 5.41) is 27.8. The highest BCUT2D eigenvalue weighted by molar-refractivity contribution is 5.93. The predicted molar refractivity (Wildman–Crippen MR) is 120 cm³/mol. The number of hydrogen-bond acceptors (Lipinski definition) is 9. The molecule has 0 radical (unpaired) electrons. The molecule has 3 rings (SSSR count). The van der Waals surface area contributed by atoms with Crippen LogP contribution in [0.4, 0.5) is 0 Å². The molecule has 0 aromatic rings. The van der Waals surface area contributed by atoms with Crippen LogP contribution in [-0.4, -0.2) is 71.4 Å². The van der Waals surface area contributed by atoms with Gasteiger partial charge in [0.25, 0.3) is 0 Å². The van der Waals surface area contributed by atoms with E-state index >= 15 is 0 Å². The van der Waals surface area contributed by atoms with Crippen LogP contribution >= 0.6 is 0 Å². The Morgan fingerprint density at radius 1 is 1.29 bits per heavy atom. The van der Waals surface area contributed by atoms with Gasteiger partial charge in [0.2, 0.25) is 0 Å². The molecule has 184 valence electrons. The van der Waals surface area contributed by atoms with Gasteiger partial charge in [0.1, 0.15) is 24.9 Å². The second-order valence-electron chi connectivity index (χ2n) is 8.72. The first-order chi connectivity index (χ1) is 16.1. The highest BCUT2D eigenvalue weighted by Gasteiger charge is 2.52. The third kappa shape index (κ3) is 4.91. The van der Waals surface area contributed by atoms with Crippen molar-refractivity contribution in [3.8, 4) is 0 Å². The van der Waals surface area contributed by atoms with Crippen molar-refractivity contribution >= 4 is 17.9 Å². The number of rotatable bonds is 8. The maximum atomic E-state index is 13.0. The van der Waals surface area contributed by atoms with Crippen LogP contribution in [0.25, 0.3) is 0 Å². The topological polar surface area (TPSA) is 140 Å². The van der Waals surface area contributed by atoms with E-state index in [4.69, 9.17) is 19.3 Å². The lowest BCUT2D eigenvalue weighted by atomic mass is 9.82. The van der Waals surface area contributed by atoms with Crippen molar-refractivity contribution in [2.45, 2.75) is 45.0 Å². The van der Waals surface area contributed by atoms with E-state index in [1.165, 1.54) is 0 Å². The summed E-state index contributed by atoms with van der Waals surface area (Å²) >= 11 is 0. The summed E-state index contributed by atoms with van der Waals surface area (Å²) in [5.41, 5.74) is 3.03. The Morgan fingerprint density at radius 2 is 2.00 bits per heavy atom. The number of aliphatic hydroxyl groups excluding tert-OH is 3. The van der Waals surface area contributed by atoms with Gasteiger partial charge in [0.05, 0.1) is 30.3 Å². The summed E-state index contributed by atoms with van der Waals surface area (Å²) in [7, 11) is 0. The molecule has 1 heterocycles. The molecule has 1 saturated heterocycles. The molecule has 9 heteroatoms. The maximum Gasteiger partial charge on any atom is 0.337 e. The highest BCUT2D eigenvalue weighted by Crippen LogP contribution is 2.49. The van der Waals surface area contributed by atoms with Gasteiger partial charge >= 0.3 is 17.9 Å². The van der Waals surface area contributed by atoms with Crippen LogP contribution < -0.4 is 0 Å². The lowest BCUT2D eigenvalue weighted by molar-refractivity contribution is -0.149. The van der Waals surface area contributed by atoms with Gasteiger partial charge in [-0.3, -0.25) is 0 Å². The molecular formula is C25H30O9. The molecule has 9 nitrogen and oxygen atoms in total. The van der Waals surface area contributed by atoms with Crippen molar-refractivity contribution < 1.29 is 43.9 Å². The second-order valence-corrected chi connectivity index (χ2v) is 8.72. The molecule has 34 heavy (non-hydrogen) atoms. The minimum absolute atomic E-state index is 0.0886. The molecule has 1 fully saturated rings. The highest BCUT2D eigenvalue weighted by atomic mass is 16.6. The zero-order valence-electron chi connectivity index (χ0n) is 19.3. The first-order valence-corrected chi connectivity index (χ1v) is 11.0. The van der Waals surface area contributed by atoms with E-state index in [-0.39, 0.29) is 22.6 Å². The normalized spacial score (nSPS) is 27.3. The van der Waals surface area contributed by atoms with E-state index in [0.717, 1.165) is 29.2 Å². The van der Waals surface area contributed by atoms with Crippen LogP contribution in [0.15, 0.2) is 58.7 Å². The average molecular weight is 475 g/mol. The molecule has 0 aromatic carbocycles. The van der Waals surface area contributed by atoms with Crippen molar-refractivity contribution in [3.63, 3.8) is 0 Å². The van der Waals surface area contributed by atoms with Crippen molar-refractivity contribution in [2.24, 2.45) is 11.8 Å². The van der Waals surface area contributed by atoms with E-state index in [2.05, 4.69) is 19.2 Å². The first kappa shape index (κ1) is 25.6. The van der Waals surface area contributed by atoms with Crippen LogP contribution in [0.1, 0.15) is 26.7 Å². The van der Waals surface area contributed by atoms with Crippen LogP contribution in [0.3, 0.4) is 0 Å². The predicted octanol–water partition coefficient (Wildman–Crippen LogP) is 1.05. The lowest BCUT2D eigenvalue weighted by Gasteiger charge is -2.28. The minimum atomic E-state index is -1.49. The second kappa shape index (κ2) is 10.5. The fourth-order valence-corrected chi connectivity index (χ4v) is 4.70. The van der Waals surface area contributed by atoms with Crippen molar-refractivity contribution in [3.05, 3.63) is 58.7 Å². The van der Waals surface area contributed by atoms with Gasteiger partial charge < -0.3 is 29.5 Å². The number of ether oxygens (including phenoxy) is 3. The van der Waals surface area contributed by atoms with Gasteiger partial charge in [-0.15, -0.1) is 0 Å². The zero-order valence-corrected chi connectivity index (χ0v) is 19.3. The summed E-state index contributed by atoms with van der Waals surface area (Å²) in [6.45, 7) is 9.43. The Morgan fingerprint density at radius 3 is 2.65 bits per heavy atom. The number of fused-ring (bicyclic) bond motifs is 3. The number of hydrogen-bond donors (Lipinski definition) is 3. The molecule has 3 N–H and O–H groups in total. The first-order valence-electron chi connectivity index (χ1n) is 11.0. The average Bonchev–Trinajstić information content (AvgIpc) is 3.29. The van der Waals surface area contributed by atoms with Crippen molar-refractivity contribution in [1.29, 1.82) is 0 Å². The van der Waals surface area contributed by atoms with E-state index in [1.807, 2.05) is 13.8 Å². The monoisotopic (exact) mass is 474 g/mol. The van der Waals surface area contributed by atoms with Crippen LogP contribution in [0.5, 0.6) is 0 Å². The van der Waals surface area contributed by atoms with Crippen molar-refractivity contribution in [2.75, 3.05) is 19.8 Å². The van der Waals surface area contributed by atoms with Gasteiger partial charge in [-0.25, -0.2) is 14.4 Å². The Balaban J connectivity index is 1.78. The van der Waals surface area contributed by atoms with E-state index in [9.17, 15) is 24.6 Å². The molecule has 0 spiro atoms. The van der Waals surface area contributed by atoms with E-state index < -0.39 is 62.0 Å². The summed E-state index contributed by atoms with van der Waals surface area (Å²) in [6.07, 6.45) is 1.60. The SMILES string of the molecule is C=C(C(=O)OCC(=CCO)C(=O)OC1CC(C)=C2CC=C(C)C2C2OC(=O)C(=C)C12)C(O)CO. The van der Waals surface area contributed by atoms with Crippen LogP contribution in [0, 0.1) is 11.8 Å². The number of allylic oxidation sites excluding steroid dienone is 1.